The highest BCUT2D eigenvalue weighted by Crippen LogP contribution is 2.41. The second-order valence-electron chi connectivity index (χ2n) is 4.43. The van der Waals surface area contributed by atoms with Crippen LogP contribution in [0.5, 0.6) is 0 Å². The molecule has 2 aromatic rings. The number of alkyl halides is 3. The van der Waals surface area contributed by atoms with Crippen molar-refractivity contribution in [3.63, 3.8) is 0 Å². The lowest BCUT2D eigenvalue weighted by Crippen LogP contribution is -2.21. The van der Waals surface area contributed by atoms with Gasteiger partial charge in [-0.2, -0.15) is 13.2 Å². The average molecular weight is 394 g/mol. The summed E-state index contributed by atoms with van der Waals surface area (Å²) in [7, 11) is 0. The third kappa shape index (κ3) is 3.88. The van der Waals surface area contributed by atoms with Crippen molar-refractivity contribution in [1.29, 1.82) is 0 Å². The number of carbonyl (C=O) groups is 1. The first-order chi connectivity index (χ1) is 10.3. The van der Waals surface area contributed by atoms with Gasteiger partial charge in [0.25, 0.3) is 0 Å². The summed E-state index contributed by atoms with van der Waals surface area (Å²) in [5.74, 6) is -2.76. The highest BCUT2D eigenvalue weighted by molar-refractivity contribution is 9.11. The molecule has 0 spiro atoms. The third-order valence-electron chi connectivity index (χ3n) is 2.95. The van der Waals surface area contributed by atoms with Crippen molar-refractivity contribution in [1.82, 2.24) is 5.32 Å². The van der Waals surface area contributed by atoms with Gasteiger partial charge in [0.05, 0.1) is 3.79 Å². The maximum absolute atomic E-state index is 10.6. The van der Waals surface area contributed by atoms with Gasteiger partial charge in [-0.05, 0) is 32.6 Å². The molecule has 1 aromatic carbocycles. The zero-order valence-electron chi connectivity index (χ0n) is 11.1. The van der Waals surface area contributed by atoms with E-state index in [4.69, 9.17) is 9.90 Å². The number of carboxylic acid groups (broad SMARTS) is 1. The molecule has 0 unspecified atom stereocenters. The van der Waals surface area contributed by atoms with Crippen LogP contribution in [0.1, 0.15) is 11.1 Å². The number of benzene rings is 1. The molecule has 2 heterocycles. The van der Waals surface area contributed by atoms with E-state index in [0.717, 1.165) is 13.1 Å². The molecule has 0 bridgehead atoms. The lowest BCUT2D eigenvalue weighted by Gasteiger charge is -1.99. The Labute approximate surface area is 136 Å². The Kier molecular flexibility index (Phi) is 5.25. The number of halogens is 4. The van der Waals surface area contributed by atoms with E-state index in [0.29, 0.717) is 0 Å². The Bertz CT molecular complexity index is 671. The second kappa shape index (κ2) is 6.80. The van der Waals surface area contributed by atoms with Gasteiger partial charge in [-0.1, -0.05) is 30.3 Å². The zero-order valence-corrected chi connectivity index (χ0v) is 13.5. The summed E-state index contributed by atoms with van der Waals surface area (Å²) in [4.78, 5) is 10.3. The van der Waals surface area contributed by atoms with Crippen molar-refractivity contribution in [2.24, 2.45) is 0 Å². The first-order valence-electron chi connectivity index (χ1n) is 6.17. The van der Waals surface area contributed by atoms with Crippen molar-refractivity contribution >= 4 is 33.2 Å². The first-order valence-corrected chi connectivity index (χ1v) is 7.78. The number of aliphatic carboxylic acids is 1. The molecule has 8 heteroatoms. The standard InChI is InChI=1S/C12H10BrNS.C2HF3O2/c13-12-10-7-14-6-9(10)11(15-12)8-4-2-1-3-5-8;3-2(4,5)1(6)7/h1-5,14H,6-7H2;(H,6,7). The van der Waals surface area contributed by atoms with Gasteiger partial charge >= 0.3 is 12.1 Å². The summed E-state index contributed by atoms with van der Waals surface area (Å²) in [6.07, 6.45) is -5.08. The maximum Gasteiger partial charge on any atom is 0.490 e. The molecule has 118 valence electrons. The zero-order chi connectivity index (χ0) is 16.3. The van der Waals surface area contributed by atoms with Crippen molar-refractivity contribution in [3.8, 4) is 10.4 Å². The van der Waals surface area contributed by atoms with Gasteiger partial charge in [0, 0.05) is 18.0 Å². The summed E-state index contributed by atoms with van der Waals surface area (Å²) in [6, 6.07) is 10.6. The summed E-state index contributed by atoms with van der Waals surface area (Å²) in [6.45, 7) is 2.00. The van der Waals surface area contributed by atoms with E-state index in [1.54, 1.807) is 0 Å². The van der Waals surface area contributed by atoms with Crippen LogP contribution in [-0.2, 0) is 17.9 Å². The fourth-order valence-corrected chi connectivity index (χ4v) is 3.90. The SMILES string of the molecule is Brc1sc(-c2ccccc2)c2c1CNC2.O=C(O)C(F)(F)F. The Morgan fingerprint density at radius 3 is 2.27 bits per heavy atom. The highest BCUT2D eigenvalue weighted by Gasteiger charge is 2.38. The predicted octanol–water partition coefficient (Wildman–Crippen LogP) is 4.41. The van der Waals surface area contributed by atoms with Gasteiger partial charge in [-0.3, -0.25) is 0 Å². The molecular weight excluding hydrogens is 383 g/mol. The van der Waals surface area contributed by atoms with Gasteiger partial charge in [-0.25, -0.2) is 4.79 Å². The van der Waals surface area contributed by atoms with Crippen LogP contribution < -0.4 is 5.32 Å². The molecule has 1 aliphatic rings. The lowest BCUT2D eigenvalue weighted by atomic mass is 10.1. The third-order valence-corrected chi connectivity index (χ3v) is 5.03. The van der Waals surface area contributed by atoms with Gasteiger partial charge in [0.15, 0.2) is 0 Å². The molecule has 0 saturated heterocycles. The number of thiophene rings is 1. The molecule has 2 N–H and O–H groups in total. The van der Waals surface area contributed by atoms with Gasteiger partial charge in [0.2, 0.25) is 0 Å². The van der Waals surface area contributed by atoms with E-state index in [1.807, 2.05) is 11.3 Å². The number of hydrogen-bond acceptors (Lipinski definition) is 3. The van der Waals surface area contributed by atoms with E-state index in [1.165, 1.54) is 25.4 Å². The minimum absolute atomic E-state index is 0.999. The van der Waals surface area contributed by atoms with Crippen LogP contribution in [-0.4, -0.2) is 17.3 Å². The van der Waals surface area contributed by atoms with E-state index in [-0.39, 0.29) is 0 Å². The van der Waals surface area contributed by atoms with Crippen molar-refractivity contribution in [2.75, 3.05) is 0 Å². The van der Waals surface area contributed by atoms with E-state index >= 15 is 0 Å². The Balaban J connectivity index is 0.000000217. The van der Waals surface area contributed by atoms with Gasteiger partial charge in [0.1, 0.15) is 0 Å². The van der Waals surface area contributed by atoms with Gasteiger partial charge in [-0.15, -0.1) is 11.3 Å². The van der Waals surface area contributed by atoms with Gasteiger partial charge < -0.3 is 10.4 Å². The molecule has 0 amide bonds. The van der Waals surface area contributed by atoms with Crippen molar-refractivity contribution in [2.45, 2.75) is 19.3 Å². The molecule has 0 fully saturated rings. The quantitative estimate of drug-likeness (QED) is 0.753. The molecule has 0 atom stereocenters. The van der Waals surface area contributed by atoms with Crippen LogP contribution in [0.2, 0.25) is 0 Å². The smallest absolute Gasteiger partial charge is 0.475 e. The van der Waals surface area contributed by atoms with E-state index < -0.39 is 12.1 Å². The molecule has 0 saturated carbocycles. The molecule has 3 nitrogen and oxygen atoms in total. The molecule has 0 aliphatic carbocycles. The molecule has 1 aliphatic heterocycles. The molecule has 22 heavy (non-hydrogen) atoms. The maximum atomic E-state index is 10.6. The normalized spacial score (nSPS) is 13.3. The summed E-state index contributed by atoms with van der Waals surface area (Å²) in [5.41, 5.74) is 4.24. The summed E-state index contributed by atoms with van der Waals surface area (Å²) in [5, 5.41) is 10.5. The van der Waals surface area contributed by atoms with Crippen molar-refractivity contribution < 1.29 is 23.1 Å². The number of fused-ring (bicyclic) bond motifs is 1. The first kappa shape index (κ1) is 17.0. The Hall–Kier alpha value is -1.38. The Morgan fingerprint density at radius 2 is 1.73 bits per heavy atom. The summed E-state index contributed by atoms with van der Waals surface area (Å²) < 4.78 is 33.0. The van der Waals surface area contributed by atoms with Crippen LogP contribution in [0, 0.1) is 0 Å². The topological polar surface area (TPSA) is 49.3 Å². The minimum Gasteiger partial charge on any atom is -0.475 e. The second-order valence-corrected chi connectivity index (χ2v) is 6.77. The monoisotopic (exact) mass is 393 g/mol. The molecule has 0 radical (unpaired) electrons. The van der Waals surface area contributed by atoms with Crippen LogP contribution in [0.3, 0.4) is 0 Å². The van der Waals surface area contributed by atoms with E-state index in [2.05, 4.69) is 51.6 Å². The van der Waals surface area contributed by atoms with Crippen molar-refractivity contribution in [3.05, 3.63) is 45.2 Å². The van der Waals surface area contributed by atoms with Crippen LogP contribution in [0.15, 0.2) is 34.1 Å². The Morgan fingerprint density at radius 1 is 1.18 bits per heavy atom. The summed E-state index contributed by atoms with van der Waals surface area (Å²) >= 11 is 5.49. The molecular formula is C14H11BrF3NO2S. The number of rotatable bonds is 1. The van der Waals surface area contributed by atoms with E-state index in [9.17, 15) is 13.2 Å². The van der Waals surface area contributed by atoms with Crippen LogP contribution in [0.25, 0.3) is 10.4 Å². The number of carboxylic acids is 1. The predicted molar refractivity (Wildman–Crippen MR) is 81.7 cm³/mol. The fourth-order valence-electron chi connectivity index (χ4n) is 1.97. The van der Waals surface area contributed by atoms with Crippen LogP contribution in [0.4, 0.5) is 13.2 Å². The number of hydrogen-bond donors (Lipinski definition) is 2. The number of nitrogens with one attached hydrogen (secondary N) is 1. The molecule has 1 aromatic heterocycles. The van der Waals surface area contributed by atoms with Crippen LogP contribution >= 0.6 is 27.3 Å². The lowest BCUT2D eigenvalue weighted by molar-refractivity contribution is -0.192. The minimum atomic E-state index is -5.08. The molecule has 3 rings (SSSR count). The highest BCUT2D eigenvalue weighted by atomic mass is 79.9. The fraction of sp³-hybridized carbons (Fsp3) is 0.214. The largest absolute Gasteiger partial charge is 0.490 e. The average Bonchev–Trinajstić information content (AvgIpc) is 3.04.